The number of carbonyl (C=O) groups excluding carboxylic acids is 1. The van der Waals surface area contributed by atoms with Gasteiger partial charge in [-0.05, 0) is 36.4 Å². The molecule has 0 spiro atoms. The second-order valence-corrected chi connectivity index (χ2v) is 8.50. The zero-order chi connectivity index (χ0) is 25.2. The molecule has 5 rings (SSSR count). The van der Waals surface area contributed by atoms with Crippen molar-refractivity contribution in [3.05, 3.63) is 105 Å². The third kappa shape index (κ3) is 4.53. The molecule has 0 bridgehead atoms. The van der Waals surface area contributed by atoms with Crippen molar-refractivity contribution in [1.82, 2.24) is 28.7 Å². The van der Waals surface area contributed by atoms with Gasteiger partial charge in [-0.15, -0.1) is 0 Å². The zero-order valence-corrected chi connectivity index (χ0v) is 19.9. The molecule has 4 heterocycles. The summed E-state index contributed by atoms with van der Waals surface area (Å²) in [7, 11) is 1.53. The number of aromatic nitrogens is 6. The molecule has 0 aliphatic heterocycles. The van der Waals surface area contributed by atoms with Gasteiger partial charge < -0.3 is 9.88 Å². The summed E-state index contributed by atoms with van der Waals surface area (Å²) in [4.78, 5) is 51.8. The number of imidazole rings is 1. The smallest absolute Gasteiger partial charge is 0.315 e. The number of nitrogens with zero attached hydrogens (tertiary/aromatic N) is 6. The van der Waals surface area contributed by atoms with E-state index < -0.39 is 17.2 Å². The van der Waals surface area contributed by atoms with Crippen LogP contribution in [0.4, 0.5) is 5.82 Å². The molecule has 36 heavy (non-hydrogen) atoms. The molecule has 10 nitrogen and oxygen atoms in total. The number of anilines is 1. The molecule has 0 saturated heterocycles. The molecular weight excluding hydrogens is 482 g/mol. The fourth-order valence-electron chi connectivity index (χ4n) is 3.86. The molecule has 5 aromatic rings. The third-order valence-electron chi connectivity index (χ3n) is 5.62. The standard InChI is InChI=1S/C25H20ClN7O3/c1-31-23-22(24(35)33(25(31)36)13-18-5-2-3-12-27-18)32(15-28-23)14-21(34)30-20-7-4-6-19(29-20)16-8-10-17(26)11-9-16/h2-12,15H,13-14H2,1H3,(H,29,30,34). The Balaban J connectivity index is 1.42. The quantitative estimate of drug-likeness (QED) is 0.382. The van der Waals surface area contributed by atoms with Crippen molar-refractivity contribution < 1.29 is 4.79 Å². The van der Waals surface area contributed by atoms with E-state index in [4.69, 9.17) is 11.6 Å². The number of benzene rings is 1. The van der Waals surface area contributed by atoms with E-state index in [2.05, 4.69) is 20.3 Å². The Hall–Kier alpha value is -4.57. The predicted octanol–water partition coefficient (Wildman–Crippen LogP) is 2.69. The van der Waals surface area contributed by atoms with Crippen molar-refractivity contribution in [2.24, 2.45) is 7.05 Å². The maximum atomic E-state index is 13.3. The Morgan fingerprint density at radius 3 is 2.56 bits per heavy atom. The Labute approximate surface area is 209 Å². The van der Waals surface area contributed by atoms with Gasteiger partial charge in [0.1, 0.15) is 12.4 Å². The van der Waals surface area contributed by atoms with Gasteiger partial charge in [-0.1, -0.05) is 35.9 Å². The van der Waals surface area contributed by atoms with E-state index in [0.29, 0.717) is 22.2 Å². The van der Waals surface area contributed by atoms with Crippen molar-refractivity contribution in [3.63, 3.8) is 0 Å². The normalized spacial score (nSPS) is 11.1. The number of carbonyl (C=O) groups is 1. The lowest BCUT2D eigenvalue weighted by molar-refractivity contribution is -0.116. The molecule has 11 heteroatoms. The first-order chi connectivity index (χ1) is 17.4. The zero-order valence-electron chi connectivity index (χ0n) is 19.1. The monoisotopic (exact) mass is 501 g/mol. The van der Waals surface area contributed by atoms with E-state index in [1.54, 1.807) is 48.7 Å². The molecule has 0 fully saturated rings. The van der Waals surface area contributed by atoms with Crippen molar-refractivity contribution in [1.29, 1.82) is 0 Å². The number of fused-ring (bicyclic) bond motifs is 1. The first-order valence-corrected chi connectivity index (χ1v) is 11.4. The van der Waals surface area contributed by atoms with Gasteiger partial charge in [0.05, 0.1) is 24.3 Å². The highest BCUT2D eigenvalue weighted by molar-refractivity contribution is 6.30. The Morgan fingerprint density at radius 2 is 1.81 bits per heavy atom. The number of nitrogens with one attached hydrogen (secondary N) is 1. The van der Waals surface area contributed by atoms with Crippen molar-refractivity contribution >= 4 is 34.5 Å². The summed E-state index contributed by atoms with van der Waals surface area (Å²) < 4.78 is 3.79. The Morgan fingerprint density at radius 1 is 1.00 bits per heavy atom. The molecule has 1 aromatic carbocycles. The van der Waals surface area contributed by atoms with Gasteiger partial charge in [0.2, 0.25) is 5.91 Å². The topological polar surface area (TPSA) is 117 Å². The van der Waals surface area contributed by atoms with Crippen LogP contribution in [0, 0.1) is 0 Å². The summed E-state index contributed by atoms with van der Waals surface area (Å²) in [5, 5.41) is 3.37. The fourth-order valence-corrected chi connectivity index (χ4v) is 3.98. The van der Waals surface area contributed by atoms with E-state index in [9.17, 15) is 14.4 Å². The first kappa shape index (κ1) is 23.2. The average molecular weight is 502 g/mol. The minimum Gasteiger partial charge on any atom is -0.315 e. The molecule has 1 N–H and O–H groups in total. The molecule has 0 atom stereocenters. The van der Waals surface area contributed by atoms with Crippen LogP contribution >= 0.6 is 11.6 Å². The van der Waals surface area contributed by atoms with Crippen molar-refractivity contribution in [3.8, 4) is 11.3 Å². The van der Waals surface area contributed by atoms with Crippen LogP contribution in [0.5, 0.6) is 0 Å². The SMILES string of the molecule is Cn1c(=O)n(Cc2ccccn2)c(=O)c2c1ncn2CC(=O)Nc1cccc(-c2ccc(Cl)cc2)n1. The largest absolute Gasteiger partial charge is 0.332 e. The Kier molecular flexibility index (Phi) is 6.17. The van der Waals surface area contributed by atoms with Crippen LogP contribution < -0.4 is 16.6 Å². The lowest BCUT2D eigenvalue weighted by Crippen LogP contribution is -2.40. The maximum absolute atomic E-state index is 13.3. The highest BCUT2D eigenvalue weighted by atomic mass is 35.5. The van der Waals surface area contributed by atoms with Crippen LogP contribution in [0.25, 0.3) is 22.4 Å². The summed E-state index contributed by atoms with van der Waals surface area (Å²) in [6, 6.07) is 17.8. The van der Waals surface area contributed by atoms with Crippen LogP contribution in [0.15, 0.2) is 82.8 Å². The van der Waals surface area contributed by atoms with E-state index in [1.165, 1.54) is 22.5 Å². The lowest BCUT2D eigenvalue weighted by Gasteiger charge is -2.10. The molecule has 0 aliphatic rings. The lowest BCUT2D eigenvalue weighted by atomic mass is 10.1. The number of rotatable bonds is 6. The summed E-state index contributed by atoms with van der Waals surface area (Å²) in [6.45, 7) is -0.193. The van der Waals surface area contributed by atoms with E-state index in [0.717, 1.165) is 10.1 Å². The van der Waals surface area contributed by atoms with E-state index in [1.807, 2.05) is 18.2 Å². The van der Waals surface area contributed by atoms with Gasteiger partial charge in [0.15, 0.2) is 11.2 Å². The number of halogens is 1. The summed E-state index contributed by atoms with van der Waals surface area (Å²) in [6.07, 6.45) is 2.96. The van der Waals surface area contributed by atoms with Crippen molar-refractivity contribution in [2.75, 3.05) is 5.32 Å². The van der Waals surface area contributed by atoms with Gasteiger partial charge in [0.25, 0.3) is 5.56 Å². The van der Waals surface area contributed by atoms with Crippen LogP contribution in [0.3, 0.4) is 0 Å². The molecule has 180 valence electrons. The van der Waals surface area contributed by atoms with E-state index >= 15 is 0 Å². The number of hydrogen-bond donors (Lipinski definition) is 1. The van der Waals surface area contributed by atoms with Gasteiger partial charge >= 0.3 is 5.69 Å². The summed E-state index contributed by atoms with van der Waals surface area (Å²) >= 11 is 5.96. The van der Waals surface area contributed by atoms with Crippen LogP contribution in [0.2, 0.25) is 5.02 Å². The van der Waals surface area contributed by atoms with Gasteiger partial charge in [-0.2, -0.15) is 0 Å². The number of pyridine rings is 2. The number of aryl methyl sites for hydroxylation is 1. The highest BCUT2D eigenvalue weighted by Gasteiger charge is 2.18. The Bertz CT molecular complexity index is 1690. The number of hydrogen-bond acceptors (Lipinski definition) is 6. The second kappa shape index (κ2) is 9.59. The molecule has 0 saturated carbocycles. The van der Waals surface area contributed by atoms with Gasteiger partial charge in [-0.25, -0.2) is 14.8 Å². The minimum absolute atomic E-state index is 0.00106. The molecule has 0 aliphatic carbocycles. The van der Waals surface area contributed by atoms with Gasteiger partial charge in [0, 0.05) is 23.8 Å². The summed E-state index contributed by atoms with van der Waals surface area (Å²) in [5.74, 6) is -0.0450. The van der Waals surface area contributed by atoms with Crippen LogP contribution in [0.1, 0.15) is 5.69 Å². The maximum Gasteiger partial charge on any atom is 0.332 e. The summed E-state index contributed by atoms with van der Waals surface area (Å²) in [5.41, 5.74) is 1.36. The first-order valence-electron chi connectivity index (χ1n) is 11.0. The predicted molar refractivity (Wildman–Crippen MR) is 136 cm³/mol. The molecule has 4 aromatic heterocycles. The van der Waals surface area contributed by atoms with Crippen molar-refractivity contribution in [2.45, 2.75) is 13.1 Å². The molecule has 0 unspecified atom stereocenters. The molecule has 0 radical (unpaired) electrons. The van der Waals surface area contributed by atoms with E-state index in [-0.39, 0.29) is 24.3 Å². The third-order valence-corrected chi connectivity index (χ3v) is 5.87. The van der Waals surface area contributed by atoms with Crippen LogP contribution in [-0.2, 0) is 24.9 Å². The fraction of sp³-hybridized carbons (Fsp3) is 0.120. The van der Waals surface area contributed by atoms with Crippen LogP contribution in [-0.4, -0.2) is 34.6 Å². The average Bonchev–Trinajstić information content (AvgIpc) is 3.30. The number of amides is 1. The highest BCUT2D eigenvalue weighted by Crippen LogP contribution is 2.21. The molecule has 1 amide bonds. The minimum atomic E-state index is -0.549. The van der Waals surface area contributed by atoms with Gasteiger partial charge in [-0.3, -0.25) is 23.7 Å². The molecular formula is C25H20ClN7O3. The second-order valence-electron chi connectivity index (χ2n) is 8.06.